The maximum absolute atomic E-state index is 13.0. The van der Waals surface area contributed by atoms with E-state index in [-0.39, 0.29) is 11.1 Å². The van der Waals surface area contributed by atoms with Gasteiger partial charge < -0.3 is 4.74 Å². The highest BCUT2D eigenvalue weighted by molar-refractivity contribution is 5.68. The van der Waals surface area contributed by atoms with Crippen LogP contribution in [0.3, 0.4) is 0 Å². The maximum atomic E-state index is 13.0. The molecular weight excluding hydrogens is 298 g/mol. The molecule has 0 aliphatic heterocycles. The van der Waals surface area contributed by atoms with Crippen molar-refractivity contribution in [3.63, 3.8) is 0 Å². The molecular formula is C14H8F6O. The normalized spacial score (nSPS) is 11.8. The molecule has 0 spiro atoms. The van der Waals surface area contributed by atoms with Crippen molar-refractivity contribution in [2.75, 3.05) is 0 Å². The van der Waals surface area contributed by atoms with Gasteiger partial charge in [0.2, 0.25) is 0 Å². The largest absolute Gasteiger partial charge is 0.573 e. The van der Waals surface area contributed by atoms with Gasteiger partial charge in [-0.05, 0) is 35.4 Å². The Bertz CT molecular complexity index is 618. The monoisotopic (exact) mass is 306 g/mol. The van der Waals surface area contributed by atoms with Gasteiger partial charge in [-0.25, -0.2) is 13.2 Å². The van der Waals surface area contributed by atoms with Crippen molar-refractivity contribution in [2.45, 2.75) is 12.8 Å². The van der Waals surface area contributed by atoms with Crippen LogP contribution in [0.2, 0.25) is 0 Å². The predicted molar refractivity (Wildman–Crippen MR) is 63.5 cm³/mol. The average molecular weight is 306 g/mol. The fourth-order valence-electron chi connectivity index (χ4n) is 1.81. The fraction of sp³-hybridized carbons (Fsp3) is 0.143. The third-order valence-electron chi connectivity index (χ3n) is 2.65. The van der Waals surface area contributed by atoms with E-state index in [1.807, 2.05) is 0 Å². The summed E-state index contributed by atoms with van der Waals surface area (Å²) in [6.07, 6.45) is -7.73. The molecule has 112 valence electrons. The summed E-state index contributed by atoms with van der Waals surface area (Å²) in [5, 5.41) is 0. The van der Waals surface area contributed by atoms with Crippen molar-refractivity contribution in [1.29, 1.82) is 0 Å². The molecule has 0 saturated heterocycles. The van der Waals surface area contributed by atoms with Gasteiger partial charge in [-0.2, -0.15) is 0 Å². The highest BCUT2D eigenvalue weighted by Crippen LogP contribution is 2.33. The van der Waals surface area contributed by atoms with Crippen molar-refractivity contribution >= 4 is 0 Å². The first kappa shape index (κ1) is 15.2. The zero-order valence-corrected chi connectivity index (χ0v) is 10.3. The summed E-state index contributed by atoms with van der Waals surface area (Å²) in [4.78, 5) is 0. The van der Waals surface area contributed by atoms with E-state index in [0.29, 0.717) is 6.07 Å². The molecule has 0 aliphatic rings. The average Bonchev–Trinajstić information content (AvgIpc) is 2.38. The van der Waals surface area contributed by atoms with E-state index in [2.05, 4.69) is 4.74 Å². The maximum Gasteiger partial charge on any atom is 0.573 e. The number of halogens is 6. The lowest BCUT2D eigenvalue weighted by Gasteiger charge is -2.11. The highest BCUT2D eigenvalue weighted by Gasteiger charge is 2.31. The van der Waals surface area contributed by atoms with Crippen molar-refractivity contribution in [3.05, 3.63) is 53.8 Å². The molecule has 0 heterocycles. The zero-order valence-electron chi connectivity index (χ0n) is 10.3. The molecule has 0 aliphatic carbocycles. The van der Waals surface area contributed by atoms with Crippen LogP contribution in [0.1, 0.15) is 12.0 Å². The second-order valence-electron chi connectivity index (χ2n) is 4.10. The molecule has 0 amide bonds. The first-order valence-electron chi connectivity index (χ1n) is 5.70. The minimum Gasteiger partial charge on any atom is -0.406 e. The van der Waals surface area contributed by atoms with Gasteiger partial charge in [-0.1, -0.05) is 18.2 Å². The van der Waals surface area contributed by atoms with Gasteiger partial charge in [0.1, 0.15) is 11.6 Å². The van der Waals surface area contributed by atoms with Crippen LogP contribution in [0.4, 0.5) is 26.3 Å². The summed E-state index contributed by atoms with van der Waals surface area (Å²) in [5.74, 6) is -1.28. The molecule has 21 heavy (non-hydrogen) atoms. The topological polar surface area (TPSA) is 9.23 Å². The number of rotatable bonds is 3. The van der Waals surface area contributed by atoms with Gasteiger partial charge in [0.25, 0.3) is 6.43 Å². The Kier molecular flexibility index (Phi) is 4.11. The van der Waals surface area contributed by atoms with Gasteiger partial charge in [0.15, 0.2) is 0 Å². The first-order chi connectivity index (χ1) is 9.76. The van der Waals surface area contributed by atoms with Gasteiger partial charge in [-0.15, -0.1) is 13.2 Å². The molecule has 2 rings (SSSR count). The Morgan fingerprint density at radius 1 is 0.905 bits per heavy atom. The van der Waals surface area contributed by atoms with E-state index in [9.17, 15) is 26.3 Å². The van der Waals surface area contributed by atoms with Gasteiger partial charge >= 0.3 is 6.36 Å². The molecule has 0 unspecified atom stereocenters. The zero-order chi connectivity index (χ0) is 15.6. The van der Waals surface area contributed by atoms with E-state index in [1.165, 1.54) is 12.1 Å². The van der Waals surface area contributed by atoms with Crippen LogP contribution in [0.5, 0.6) is 5.75 Å². The Morgan fingerprint density at radius 2 is 1.52 bits per heavy atom. The summed E-state index contributed by atoms with van der Waals surface area (Å²) in [7, 11) is 0. The lowest BCUT2D eigenvalue weighted by Crippen LogP contribution is -2.16. The van der Waals surface area contributed by atoms with E-state index < -0.39 is 29.9 Å². The number of ether oxygens (including phenoxy) is 1. The molecule has 0 fully saturated rings. The van der Waals surface area contributed by atoms with Crippen LogP contribution < -0.4 is 4.74 Å². The molecule has 0 bridgehead atoms. The van der Waals surface area contributed by atoms with Crippen LogP contribution in [0.25, 0.3) is 11.1 Å². The second kappa shape index (κ2) is 5.67. The SMILES string of the molecule is Fc1ccc(-c2ccc(OC(F)(F)F)cc2)c(C(F)F)c1. The molecule has 2 aromatic carbocycles. The minimum absolute atomic E-state index is 0.0463. The van der Waals surface area contributed by atoms with Crippen LogP contribution in [-0.4, -0.2) is 6.36 Å². The second-order valence-corrected chi connectivity index (χ2v) is 4.10. The number of benzene rings is 2. The minimum atomic E-state index is -4.83. The Balaban J connectivity index is 2.35. The number of alkyl halides is 5. The lowest BCUT2D eigenvalue weighted by molar-refractivity contribution is -0.274. The predicted octanol–water partition coefficient (Wildman–Crippen LogP) is 5.33. The van der Waals surface area contributed by atoms with Crippen molar-refractivity contribution < 1.29 is 31.1 Å². The molecule has 0 radical (unpaired) electrons. The highest BCUT2D eigenvalue weighted by atomic mass is 19.4. The molecule has 0 aromatic heterocycles. The lowest BCUT2D eigenvalue weighted by atomic mass is 9.99. The van der Waals surface area contributed by atoms with Gasteiger partial charge in [0.05, 0.1) is 0 Å². The summed E-state index contributed by atoms with van der Waals surface area (Å²) in [6, 6.07) is 7.24. The van der Waals surface area contributed by atoms with Crippen molar-refractivity contribution in [2.24, 2.45) is 0 Å². The van der Waals surface area contributed by atoms with Gasteiger partial charge in [0, 0.05) is 5.56 Å². The summed E-state index contributed by atoms with van der Waals surface area (Å²) < 4.78 is 78.4. The van der Waals surface area contributed by atoms with Crippen LogP contribution in [-0.2, 0) is 0 Å². The van der Waals surface area contributed by atoms with Crippen LogP contribution in [0.15, 0.2) is 42.5 Å². The standard InChI is InChI=1S/C14H8F6O/c15-9-3-6-11(12(7-9)13(16)17)8-1-4-10(5-2-8)21-14(18,19)20/h1-7,13H. The third-order valence-corrected chi connectivity index (χ3v) is 2.65. The van der Waals surface area contributed by atoms with Gasteiger partial charge in [-0.3, -0.25) is 0 Å². The van der Waals surface area contributed by atoms with E-state index in [4.69, 9.17) is 0 Å². The molecule has 0 N–H and O–H groups in total. The van der Waals surface area contributed by atoms with Crippen LogP contribution >= 0.6 is 0 Å². The molecule has 0 atom stereocenters. The number of hydrogen-bond acceptors (Lipinski definition) is 1. The van der Waals surface area contributed by atoms with Crippen molar-refractivity contribution in [3.8, 4) is 16.9 Å². The fourth-order valence-corrected chi connectivity index (χ4v) is 1.81. The Labute approximate surface area is 115 Å². The Morgan fingerprint density at radius 3 is 2.05 bits per heavy atom. The summed E-state index contributed by atoms with van der Waals surface area (Å²) in [5.41, 5.74) is -0.246. The first-order valence-corrected chi connectivity index (χ1v) is 5.70. The summed E-state index contributed by atoms with van der Waals surface area (Å²) >= 11 is 0. The third kappa shape index (κ3) is 3.90. The molecule has 7 heteroatoms. The van der Waals surface area contributed by atoms with E-state index in [0.717, 1.165) is 24.3 Å². The molecule has 1 nitrogen and oxygen atoms in total. The molecule has 0 saturated carbocycles. The van der Waals surface area contributed by atoms with Crippen molar-refractivity contribution in [1.82, 2.24) is 0 Å². The van der Waals surface area contributed by atoms with Crippen LogP contribution in [0, 0.1) is 5.82 Å². The van der Waals surface area contributed by atoms with E-state index in [1.54, 1.807) is 0 Å². The smallest absolute Gasteiger partial charge is 0.406 e. The van der Waals surface area contributed by atoms with E-state index >= 15 is 0 Å². The Hall–Kier alpha value is -2.18. The molecule has 2 aromatic rings. The quantitative estimate of drug-likeness (QED) is 0.696. The number of hydrogen-bond donors (Lipinski definition) is 0. The summed E-state index contributed by atoms with van der Waals surface area (Å²) in [6.45, 7) is 0.